The smallest absolute Gasteiger partial charge is 0.409 e. The molecule has 0 unspecified atom stereocenters. The zero-order valence-electron chi connectivity index (χ0n) is 7.70. The summed E-state index contributed by atoms with van der Waals surface area (Å²) >= 11 is 0. The molecular weight excluding hydrogens is 162 g/mol. The lowest BCUT2D eigenvalue weighted by atomic mass is 10.6. The van der Waals surface area contributed by atoms with E-state index in [1.165, 1.54) is 12.0 Å². The van der Waals surface area contributed by atoms with Crippen molar-refractivity contribution < 1.29 is 19.3 Å². The molecule has 5 heteroatoms. The maximum atomic E-state index is 10.8. The van der Waals surface area contributed by atoms with Crippen molar-refractivity contribution >= 4 is 6.09 Å². The molecule has 0 bridgehead atoms. The van der Waals surface area contributed by atoms with E-state index < -0.39 is 0 Å². The van der Waals surface area contributed by atoms with Gasteiger partial charge in [0.1, 0.15) is 0 Å². The molecule has 0 atom stereocenters. The SMILES string of the molecule is CCOOCCN(C)C(=O)OC. The van der Waals surface area contributed by atoms with E-state index in [0.29, 0.717) is 19.8 Å². The first-order chi connectivity index (χ1) is 5.72. The van der Waals surface area contributed by atoms with Gasteiger partial charge in [0.2, 0.25) is 0 Å². The molecule has 0 saturated carbocycles. The van der Waals surface area contributed by atoms with Gasteiger partial charge in [0, 0.05) is 7.05 Å². The first-order valence-corrected chi connectivity index (χ1v) is 3.75. The normalized spacial score (nSPS) is 9.58. The van der Waals surface area contributed by atoms with Gasteiger partial charge < -0.3 is 9.64 Å². The Kier molecular flexibility index (Phi) is 6.41. The topological polar surface area (TPSA) is 48.0 Å². The molecule has 0 aliphatic heterocycles. The van der Waals surface area contributed by atoms with Crippen LogP contribution in [0.15, 0.2) is 0 Å². The molecule has 1 amide bonds. The Hall–Kier alpha value is -0.810. The highest BCUT2D eigenvalue weighted by Gasteiger charge is 2.06. The molecule has 0 spiro atoms. The maximum Gasteiger partial charge on any atom is 0.409 e. The van der Waals surface area contributed by atoms with Crippen molar-refractivity contribution in [3.63, 3.8) is 0 Å². The molecule has 0 N–H and O–H groups in total. The van der Waals surface area contributed by atoms with Gasteiger partial charge >= 0.3 is 6.09 Å². The van der Waals surface area contributed by atoms with E-state index in [1.54, 1.807) is 7.05 Å². The zero-order valence-corrected chi connectivity index (χ0v) is 7.70. The molecule has 0 aromatic heterocycles. The molecule has 0 aliphatic rings. The van der Waals surface area contributed by atoms with Crippen molar-refractivity contribution in [3.8, 4) is 0 Å². The summed E-state index contributed by atoms with van der Waals surface area (Å²) in [5, 5.41) is 0. The molecule has 0 saturated heterocycles. The maximum absolute atomic E-state index is 10.8. The van der Waals surface area contributed by atoms with Gasteiger partial charge in [0.25, 0.3) is 0 Å². The van der Waals surface area contributed by atoms with E-state index in [9.17, 15) is 4.79 Å². The van der Waals surface area contributed by atoms with Crippen LogP contribution in [0.3, 0.4) is 0 Å². The van der Waals surface area contributed by atoms with E-state index in [2.05, 4.69) is 9.62 Å². The Morgan fingerprint density at radius 1 is 1.42 bits per heavy atom. The van der Waals surface area contributed by atoms with Crippen LogP contribution in [0.4, 0.5) is 4.79 Å². The Balaban J connectivity index is 3.31. The molecule has 0 aromatic rings. The fourth-order valence-electron chi connectivity index (χ4n) is 0.564. The highest BCUT2D eigenvalue weighted by Crippen LogP contribution is 1.88. The van der Waals surface area contributed by atoms with Crippen molar-refractivity contribution in [2.45, 2.75) is 6.92 Å². The second kappa shape index (κ2) is 6.87. The van der Waals surface area contributed by atoms with Crippen LogP contribution in [0, 0.1) is 0 Å². The summed E-state index contributed by atoms with van der Waals surface area (Å²) < 4.78 is 4.46. The van der Waals surface area contributed by atoms with E-state index >= 15 is 0 Å². The number of nitrogens with zero attached hydrogens (tertiary/aromatic N) is 1. The predicted octanol–water partition coefficient (Wildman–Crippen LogP) is 0.653. The van der Waals surface area contributed by atoms with Crippen LogP contribution in [0.1, 0.15) is 6.92 Å². The Morgan fingerprint density at radius 3 is 2.58 bits per heavy atom. The summed E-state index contributed by atoms with van der Waals surface area (Å²) in [6.45, 7) is 3.12. The van der Waals surface area contributed by atoms with E-state index in [0.717, 1.165) is 0 Å². The van der Waals surface area contributed by atoms with Crippen molar-refractivity contribution in [2.75, 3.05) is 33.9 Å². The van der Waals surface area contributed by atoms with Crippen molar-refractivity contribution in [3.05, 3.63) is 0 Å². The van der Waals surface area contributed by atoms with E-state index in [-0.39, 0.29) is 6.09 Å². The number of likely N-dealkylation sites (N-methyl/N-ethyl adjacent to an activating group) is 1. The van der Waals surface area contributed by atoms with Crippen LogP contribution in [-0.2, 0) is 14.5 Å². The average molecular weight is 177 g/mol. The molecular formula is C7H15NO4. The first kappa shape index (κ1) is 11.2. The number of rotatable bonds is 5. The number of amides is 1. The third-order valence-electron chi connectivity index (χ3n) is 1.20. The molecule has 5 nitrogen and oxygen atoms in total. The summed E-state index contributed by atoms with van der Waals surface area (Å²) in [6, 6.07) is 0. The second-order valence-electron chi connectivity index (χ2n) is 2.12. The van der Waals surface area contributed by atoms with Gasteiger partial charge in [-0.1, -0.05) is 0 Å². The van der Waals surface area contributed by atoms with Crippen LogP contribution in [0.25, 0.3) is 0 Å². The summed E-state index contributed by atoms with van der Waals surface area (Å²) in [4.78, 5) is 21.5. The monoisotopic (exact) mass is 177 g/mol. The molecule has 0 aromatic carbocycles. The van der Waals surface area contributed by atoms with Gasteiger partial charge in [0.05, 0.1) is 26.9 Å². The van der Waals surface area contributed by atoms with Crippen LogP contribution in [0.2, 0.25) is 0 Å². The highest BCUT2D eigenvalue weighted by molar-refractivity contribution is 5.66. The van der Waals surface area contributed by atoms with Gasteiger partial charge in [-0.25, -0.2) is 14.6 Å². The molecule has 0 heterocycles. The molecule has 0 aliphatic carbocycles. The minimum Gasteiger partial charge on any atom is -0.453 e. The first-order valence-electron chi connectivity index (χ1n) is 3.75. The molecule has 12 heavy (non-hydrogen) atoms. The highest BCUT2D eigenvalue weighted by atomic mass is 17.2. The van der Waals surface area contributed by atoms with Crippen LogP contribution in [-0.4, -0.2) is 44.9 Å². The summed E-state index contributed by atoms with van der Waals surface area (Å²) in [6.07, 6.45) is -0.380. The Labute approximate surface area is 72.1 Å². The average Bonchev–Trinajstić information content (AvgIpc) is 2.10. The molecule has 0 fully saturated rings. The lowest BCUT2D eigenvalue weighted by Gasteiger charge is -2.14. The fourth-order valence-corrected chi connectivity index (χ4v) is 0.564. The van der Waals surface area contributed by atoms with Gasteiger partial charge in [-0.3, -0.25) is 0 Å². The number of hydrogen-bond donors (Lipinski definition) is 0. The third-order valence-corrected chi connectivity index (χ3v) is 1.20. The number of hydrogen-bond acceptors (Lipinski definition) is 4. The minimum absolute atomic E-state index is 0.347. The quantitative estimate of drug-likeness (QED) is 0.351. The summed E-state index contributed by atoms with van der Waals surface area (Å²) in [5.74, 6) is 0. The largest absolute Gasteiger partial charge is 0.453 e. The van der Waals surface area contributed by atoms with Gasteiger partial charge in [-0.15, -0.1) is 0 Å². The number of ether oxygens (including phenoxy) is 1. The summed E-state index contributed by atoms with van der Waals surface area (Å²) in [5.41, 5.74) is 0. The Morgan fingerprint density at radius 2 is 2.08 bits per heavy atom. The summed E-state index contributed by atoms with van der Waals surface area (Å²) in [7, 11) is 2.96. The van der Waals surface area contributed by atoms with Gasteiger partial charge in [-0.2, -0.15) is 0 Å². The van der Waals surface area contributed by atoms with Gasteiger partial charge in [-0.05, 0) is 6.92 Å². The Bertz CT molecular complexity index is 129. The lowest BCUT2D eigenvalue weighted by molar-refractivity contribution is -0.291. The molecule has 0 rings (SSSR count). The number of carbonyl (C=O) groups is 1. The fraction of sp³-hybridized carbons (Fsp3) is 0.857. The second-order valence-corrected chi connectivity index (χ2v) is 2.12. The minimum atomic E-state index is -0.380. The predicted molar refractivity (Wildman–Crippen MR) is 42.6 cm³/mol. The molecule has 0 radical (unpaired) electrons. The van der Waals surface area contributed by atoms with Gasteiger partial charge in [0.15, 0.2) is 0 Å². The van der Waals surface area contributed by atoms with E-state index in [1.807, 2.05) is 6.92 Å². The number of carbonyl (C=O) groups excluding carboxylic acids is 1. The van der Waals surface area contributed by atoms with Crippen LogP contribution >= 0.6 is 0 Å². The third kappa shape index (κ3) is 4.92. The van der Waals surface area contributed by atoms with E-state index in [4.69, 9.17) is 4.89 Å². The van der Waals surface area contributed by atoms with Crippen molar-refractivity contribution in [1.82, 2.24) is 4.90 Å². The zero-order chi connectivity index (χ0) is 9.40. The standard InChI is InChI=1S/C7H15NO4/c1-4-11-12-6-5-8(2)7(9)10-3/h4-6H2,1-3H3. The lowest BCUT2D eigenvalue weighted by Crippen LogP contribution is -2.29. The van der Waals surface area contributed by atoms with Crippen molar-refractivity contribution in [2.24, 2.45) is 0 Å². The van der Waals surface area contributed by atoms with Crippen LogP contribution < -0.4 is 0 Å². The number of methoxy groups -OCH3 is 1. The molecule has 72 valence electrons. The van der Waals surface area contributed by atoms with Crippen LogP contribution in [0.5, 0.6) is 0 Å². The van der Waals surface area contributed by atoms with Crippen molar-refractivity contribution in [1.29, 1.82) is 0 Å².